The van der Waals surface area contributed by atoms with Gasteiger partial charge in [-0.25, -0.2) is 10.6 Å². The maximum Gasteiger partial charge on any atom is 0.335 e. The molecule has 0 aromatic heterocycles. The predicted octanol–water partition coefficient (Wildman–Crippen LogP) is -8.94. The number of methoxy groups -OCH3 is 1. The number of nitrogens with one attached hydrogen (secondary N) is 5. The van der Waals surface area contributed by atoms with Crippen molar-refractivity contribution in [1.29, 1.82) is 0 Å². The van der Waals surface area contributed by atoms with E-state index in [1.165, 1.54) is 6.92 Å². The minimum Gasteiger partial charge on any atom is -0.479 e. The smallest absolute Gasteiger partial charge is 0.335 e. The third-order valence-electron chi connectivity index (χ3n) is 11.0. The molecule has 372 valence electrons. The van der Waals surface area contributed by atoms with E-state index >= 15 is 0 Å². The molecule has 4 saturated heterocycles. The number of aliphatic hydroxyl groups is 8. The van der Waals surface area contributed by atoms with Gasteiger partial charge < -0.3 is 94.5 Å². The molecular formula is C36H60N6O23. The minimum atomic E-state index is -2.28. The summed E-state index contributed by atoms with van der Waals surface area (Å²) in [6, 6.07) is -2.97. The first-order chi connectivity index (χ1) is 30.7. The highest BCUT2D eigenvalue weighted by Crippen LogP contribution is 2.35. The SMILES string of the molecule is COC1C(C(=O)O)OC(OC2C(O)C(CO)OC(OC3C(C(=O)NNC(=O)CCCCC(=O)NN)OC(OC4C(O)C(CO)OC(C)C4NC(C)=O)C(O)C3O)C2NC(C)=O)C(O)C1O. The van der Waals surface area contributed by atoms with Crippen LogP contribution in [0.25, 0.3) is 0 Å². The van der Waals surface area contributed by atoms with Gasteiger partial charge in [0.1, 0.15) is 79.3 Å². The largest absolute Gasteiger partial charge is 0.479 e. The molecule has 0 aromatic rings. The lowest BCUT2D eigenvalue weighted by Crippen LogP contribution is -2.71. The molecule has 0 radical (unpaired) electrons. The van der Waals surface area contributed by atoms with E-state index in [1.54, 1.807) is 0 Å². The first-order valence-corrected chi connectivity index (χ1v) is 20.5. The molecule has 0 aromatic carbocycles. The van der Waals surface area contributed by atoms with Gasteiger partial charge in [-0.3, -0.25) is 40.3 Å². The van der Waals surface area contributed by atoms with Crippen LogP contribution in [0.5, 0.6) is 0 Å². The van der Waals surface area contributed by atoms with Crippen LogP contribution in [-0.4, -0.2) is 224 Å². The second-order valence-corrected chi connectivity index (χ2v) is 15.7. The van der Waals surface area contributed by atoms with Crippen LogP contribution in [-0.2, 0) is 66.7 Å². The van der Waals surface area contributed by atoms with Crippen LogP contribution in [0.4, 0.5) is 0 Å². The fourth-order valence-corrected chi connectivity index (χ4v) is 7.71. The Morgan fingerprint density at radius 3 is 1.57 bits per heavy atom. The third kappa shape index (κ3) is 13.2. The lowest BCUT2D eigenvalue weighted by atomic mass is 9.92. The van der Waals surface area contributed by atoms with Crippen LogP contribution in [0, 0.1) is 0 Å². The highest BCUT2D eigenvalue weighted by Gasteiger charge is 2.57. The highest BCUT2D eigenvalue weighted by molar-refractivity contribution is 5.85. The van der Waals surface area contributed by atoms with Gasteiger partial charge in [-0.15, -0.1) is 0 Å². The number of nitrogens with two attached hydrogens (primary N) is 1. The van der Waals surface area contributed by atoms with Gasteiger partial charge in [0.2, 0.25) is 23.6 Å². The van der Waals surface area contributed by atoms with Crippen molar-refractivity contribution in [1.82, 2.24) is 26.9 Å². The quantitative estimate of drug-likeness (QED) is 0.0263. The van der Waals surface area contributed by atoms with Crippen molar-refractivity contribution >= 4 is 35.5 Å². The summed E-state index contributed by atoms with van der Waals surface area (Å²) < 4.78 is 45.3. The van der Waals surface area contributed by atoms with E-state index in [0.717, 1.165) is 21.0 Å². The second-order valence-electron chi connectivity index (χ2n) is 15.7. The van der Waals surface area contributed by atoms with Crippen molar-refractivity contribution in [3.8, 4) is 0 Å². The number of hydrogen-bond acceptors (Lipinski definition) is 23. The van der Waals surface area contributed by atoms with Gasteiger partial charge in [-0.2, -0.15) is 0 Å². The Morgan fingerprint density at radius 1 is 0.585 bits per heavy atom. The van der Waals surface area contributed by atoms with Crippen LogP contribution in [0.15, 0.2) is 0 Å². The van der Waals surface area contributed by atoms with E-state index in [2.05, 4.69) is 21.5 Å². The molecule has 4 fully saturated rings. The fourth-order valence-electron chi connectivity index (χ4n) is 7.71. The topological polar surface area (TPSA) is 445 Å². The lowest BCUT2D eigenvalue weighted by Gasteiger charge is -2.50. The monoisotopic (exact) mass is 944 g/mol. The van der Waals surface area contributed by atoms with E-state index in [1.807, 2.05) is 5.43 Å². The lowest BCUT2D eigenvalue weighted by molar-refractivity contribution is -0.365. The van der Waals surface area contributed by atoms with E-state index in [0.29, 0.717) is 0 Å². The number of hydrogen-bond donors (Lipinski definition) is 15. The zero-order valence-electron chi connectivity index (χ0n) is 35.6. The number of unbranched alkanes of at least 4 members (excludes halogenated alkanes) is 1. The minimum absolute atomic E-state index is 0.00868. The Bertz CT molecular complexity index is 1640. The van der Waals surface area contributed by atoms with Crippen LogP contribution < -0.4 is 32.8 Å². The first-order valence-electron chi connectivity index (χ1n) is 20.5. The van der Waals surface area contributed by atoms with Gasteiger partial charge in [-0.1, -0.05) is 0 Å². The van der Waals surface area contributed by atoms with E-state index in [9.17, 15) is 74.7 Å². The molecule has 0 spiro atoms. The fraction of sp³-hybridized carbons (Fsp3) is 0.833. The maximum atomic E-state index is 13.9. The molecule has 20 atom stereocenters. The van der Waals surface area contributed by atoms with Crippen molar-refractivity contribution in [3.05, 3.63) is 0 Å². The Hall–Kier alpha value is -3.86. The molecule has 65 heavy (non-hydrogen) atoms. The zero-order chi connectivity index (χ0) is 48.4. The number of carbonyl (C=O) groups excluding carboxylic acids is 5. The van der Waals surface area contributed by atoms with Gasteiger partial charge in [0.05, 0.1) is 25.4 Å². The van der Waals surface area contributed by atoms with Crippen molar-refractivity contribution in [2.45, 2.75) is 169 Å². The van der Waals surface area contributed by atoms with Gasteiger partial charge in [0.25, 0.3) is 5.91 Å². The van der Waals surface area contributed by atoms with Crippen molar-refractivity contribution in [3.63, 3.8) is 0 Å². The maximum absolute atomic E-state index is 13.9. The summed E-state index contributed by atoms with van der Waals surface area (Å²) in [6.07, 6.45) is -33.5. The number of amides is 5. The molecule has 4 rings (SSSR count). The van der Waals surface area contributed by atoms with Crippen LogP contribution in [0.1, 0.15) is 46.5 Å². The number of hydrazine groups is 2. The van der Waals surface area contributed by atoms with Gasteiger partial charge in [0, 0.05) is 33.8 Å². The molecule has 20 unspecified atom stereocenters. The summed E-state index contributed by atoms with van der Waals surface area (Å²) in [7, 11) is 1.04. The van der Waals surface area contributed by atoms with E-state index < -0.39 is 171 Å². The van der Waals surface area contributed by atoms with Crippen molar-refractivity contribution in [2.24, 2.45) is 5.84 Å². The molecule has 4 aliphatic heterocycles. The van der Waals surface area contributed by atoms with E-state index in [4.69, 9.17) is 43.7 Å². The summed E-state index contributed by atoms with van der Waals surface area (Å²) in [6.45, 7) is 1.86. The summed E-state index contributed by atoms with van der Waals surface area (Å²) in [5, 5.41) is 102. The second kappa shape index (κ2) is 24.2. The van der Waals surface area contributed by atoms with Gasteiger partial charge in [-0.05, 0) is 19.8 Å². The van der Waals surface area contributed by atoms with Crippen LogP contribution in [0.3, 0.4) is 0 Å². The predicted molar refractivity (Wildman–Crippen MR) is 206 cm³/mol. The van der Waals surface area contributed by atoms with Crippen LogP contribution in [0.2, 0.25) is 0 Å². The van der Waals surface area contributed by atoms with Gasteiger partial charge >= 0.3 is 5.97 Å². The number of rotatable bonds is 18. The zero-order valence-corrected chi connectivity index (χ0v) is 35.6. The number of ether oxygens (including phenoxy) is 8. The molecule has 0 aliphatic carbocycles. The Kier molecular flexibility index (Phi) is 20.1. The number of carboxylic acids is 1. The van der Waals surface area contributed by atoms with E-state index in [-0.39, 0.29) is 25.7 Å². The normalized spacial score (nSPS) is 39.6. The summed E-state index contributed by atoms with van der Waals surface area (Å²) in [5.74, 6) is -0.626. The molecule has 0 bridgehead atoms. The van der Waals surface area contributed by atoms with Gasteiger partial charge in [0.15, 0.2) is 31.1 Å². The average molecular weight is 945 g/mol. The Morgan fingerprint density at radius 2 is 1.06 bits per heavy atom. The standard InChI is InChI=1S/C36H60N6O23/c1-11-18(38-12(2)45)26(20(49)14(9-43)59-11)61-35-25(54)23(52)29(30(64-35)32(55)42-41-17(48)8-6-5-7-16(47)40-37)63-34-19(39-13(3)46)27(21(50)15(10-44)60-34)62-36-24(53)22(51)28(58-4)31(65-36)33(56)57/h11,14-15,18-31,34-36,43-44,49-54H,5-10,37H2,1-4H3,(H,38,45)(H,39,46)(H,40,47)(H,41,48)(H,42,55)(H,56,57). The molecule has 4 aliphatic rings. The number of aliphatic hydroxyl groups excluding tert-OH is 8. The molecule has 16 N–H and O–H groups in total. The summed E-state index contributed by atoms with van der Waals surface area (Å²) >= 11 is 0. The molecule has 29 nitrogen and oxygen atoms in total. The summed E-state index contributed by atoms with van der Waals surface area (Å²) in [4.78, 5) is 74.9. The Labute approximate surface area is 370 Å². The first kappa shape index (κ1) is 53.8. The Balaban J connectivity index is 1.68. The number of aliphatic carboxylic acids is 1. The number of carboxylic acid groups (broad SMARTS) is 1. The molecule has 5 amide bonds. The molecule has 0 saturated carbocycles. The van der Waals surface area contributed by atoms with Crippen molar-refractivity contribution < 1.29 is 113 Å². The molecular weight excluding hydrogens is 884 g/mol. The van der Waals surface area contributed by atoms with Crippen molar-refractivity contribution in [2.75, 3.05) is 20.3 Å². The van der Waals surface area contributed by atoms with Crippen LogP contribution >= 0.6 is 0 Å². The summed E-state index contributed by atoms with van der Waals surface area (Å²) in [5.41, 5.74) is 6.14. The molecule has 29 heteroatoms. The molecule has 4 heterocycles. The third-order valence-corrected chi connectivity index (χ3v) is 11.0. The average Bonchev–Trinajstić information content (AvgIpc) is 3.26. The highest BCUT2D eigenvalue weighted by atomic mass is 16.8. The number of carbonyl (C=O) groups is 6.